The summed E-state index contributed by atoms with van der Waals surface area (Å²) in [6.45, 7) is 6.08. The third kappa shape index (κ3) is 2.83. The van der Waals surface area contributed by atoms with Gasteiger partial charge in [-0.25, -0.2) is 0 Å². The van der Waals surface area contributed by atoms with Crippen LogP contribution in [0.4, 0.5) is 5.82 Å². The van der Waals surface area contributed by atoms with Gasteiger partial charge in [0.15, 0.2) is 17.3 Å². The summed E-state index contributed by atoms with van der Waals surface area (Å²) < 4.78 is 11.0. The van der Waals surface area contributed by atoms with Gasteiger partial charge in [-0.2, -0.15) is 5.10 Å². The minimum absolute atomic E-state index is 0.404. The molecule has 0 aliphatic carbocycles. The van der Waals surface area contributed by atoms with Crippen LogP contribution in [0, 0.1) is 13.8 Å². The smallest absolute Gasteiger partial charge is 0.164 e. The summed E-state index contributed by atoms with van der Waals surface area (Å²) in [7, 11) is 3.37. The van der Waals surface area contributed by atoms with Gasteiger partial charge in [-0.1, -0.05) is 12.1 Å². The monoisotopic (exact) mass is 313 g/mol. The van der Waals surface area contributed by atoms with Crippen LogP contribution in [0.2, 0.25) is 0 Å². The fraction of sp³-hybridized carbons (Fsp3) is 0.444. The van der Waals surface area contributed by atoms with E-state index in [4.69, 9.17) is 9.47 Å². The van der Waals surface area contributed by atoms with Crippen molar-refractivity contribution >= 4 is 5.82 Å². The van der Waals surface area contributed by atoms with Crippen LogP contribution < -0.4 is 14.4 Å². The molecule has 0 bridgehead atoms. The van der Waals surface area contributed by atoms with Gasteiger partial charge in [0.05, 0.1) is 20.4 Å². The second kappa shape index (κ2) is 6.44. The third-order valence-corrected chi connectivity index (χ3v) is 4.69. The highest BCUT2D eigenvalue weighted by molar-refractivity contribution is 5.53. The predicted octanol–water partition coefficient (Wildman–Crippen LogP) is 3.10. The molecule has 1 saturated heterocycles. The highest BCUT2D eigenvalue weighted by atomic mass is 16.5. The number of aryl methyl sites for hydroxylation is 1. The van der Waals surface area contributed by atoms with Crippen molar-refractivity contribution in [1.82, 2.24) is 10.2 Å². The fourth-order valence-electron chi connectivity index (χ4n) is 3.26. The van der Waals surface area contributed by atoms with Crippen molar-refractivity contribution in [2.24, 2.45) is 0 Å². The molecule has 0 N–H and O–H groups in total. The van der Waals surface area contributed by atoms with Gasteiger partial charge in [0, 0.05) is 24.6 Å². The second-order valence-electron chi connectivity index (χ2n) is 5.99. The first-order chi connectivity index (χ1) is 11.2. The van der Waals surface area contributed by atoms with Crippen molar-refractivity contribution in [3.8, 4) is 11.5 Å². The number of ether oxygens (including phenoxy) is 2. The first-order valence-corrected chi connectivity index (χ1v) is 7.90. The van der Waals surface area contributed by atoms with Gasteiger partial charge in [0.2, 0.25) is 0 Å². The van der Waals surface area contributed by atoms with Gasteiger partial charge in [0.1, 0.15) is 0 Å². The van der Waals surface area contributed by atoms with Gasteiger partial charge >= 0.3 is 0 Å². The van der Waals surface area contributed by atoms with E-state index in [9.17, 15) is 0 Å². The van der Waals surface area contributed by atoms with Gasteiger partial charge in [-0.05, 0) is 37.5 Å². The topological polar surface area (TPSA) is 47.5 Å². The summed E-state index contributed by atoms with van der Waals surface area (Å²) in [4.78, 5) is 2.32. The van der Waals surface area contributed by atoms with E-state index < -0.39 is 0 Å². The van der Waals surface area contributed by atoms with Crippen molar-refractivity contribution < 1.29 is 9.47 Å². The molecular weight excluding hydrogens is 290 g/mol. The Morgan fingerprint density at radius 3 is 2.74 bits per heavy atom. The molecular formula is C18H23N3O2. The molecule has 5 heteroatoms. The second-order valence-corrected chi connectivity index (χ2v) is 5.99. The molecule has 1 aromatic carbocycles. The van der Waals surface area contributed by atoms with Crippen LogP contribution in [0.3, 0.4) is 0 Å². The molecule has 1 fully saturated rings. The Morgan fingerprint density at radius 2 is 2.00 bits per heavy atom. The first-order valence-electron chi connectivity index (χ1n) is 7.90. The minimum Gasteiger partial charge on any atom is -0.493 e. The molecule has 0 amide bonds. The molecule has 1 aromatic heterocycles. The molecule has 122 valence electrons. The maximum absolute atomic E-state index is 5.59. The number of rotatable bonds is 4. The average molecular weight is 313 g/mol. The largest absolute Gasteiger partial charge is 0.493 e. The molecule has 0 radical (unpaired) electrons. The van der Waals surface area contributed by atoms with Crippen molar-refractivity contribution in [2.75, 3.05) is 32.2 Å². The van der Waals surface area contributed by atoms with E-state index in [-0.39, 0.29) is 0 Å². The van der Waals surface area contributed by atoms with Crippen molar-refractivity contribution in [3.63, 3.8) is 0 Å². The highest BCUT2D eigenvalue weighted by Crippen LogP contribution is 2.40. The van der Waals surface area contributed by atoms with Crippen LogP contribution in [-0.4, -0.2) is 37.5 Å². The first kappa shape index (κ1) is 15.6. The number of nitrogens with zero attached hydrogens (tertiary/aromatic N) is 3. The van der Waals surface area contributed by atoms with E-state index in [1.165, 1.54) is 16.7 Å². The SMILES string of the molecule is COc1cccc(C2CCN(c3nncc(C)c3C)C2)c1OC. The lowest BCUT2D eigenvalue weighted by molar-refractivity contribution is 0.350. The molecule has 1 aliphatic heterocycles. The normalized spacial score (nSPS) is 17.4. The molecule has 1 unspecified atom stereocenters. The maximum Gasteiger partial charge on any atom is 0.164 e. The Kier molecular flexibility index (Phi) is 4.37. The van der Waals surface area contributed by atoms with Crippen molar-refractivity contribution in [1.29, 1.82) is 0 Å². The number of benzene rings is 1. The van der Waals surface area contributed by atoms with Crippen molar-refractivity contribution in [3.05, 3.63) is 41.1 Å². The lowest BCUT2D eigenvalue weighted by Gasteiger charge is -2.21. The average Bonchev–Trinajstić information content (AvgIpc) is 3.06. The summed E-state index contributed by atoms with van der Waals surface area (Å²) >= 11 is 0. The molecule has 5 nitrogen and oxygen atoms in total. The van der Waals surface area contributed by atoms with Crippen LogP contribution in [0.5, 0.6) is 11.5 Å². The van der Waals surface area contributed by atoms with Gasteiger partial charge in [-0.15, -0.1) is 5.10 Å². The zero-order valence-electron chi connectivity index (χ0n) is 14.2. The molecule has 2 aromatic rings. The lowest BCUT2D eigenvalue weighted by Crippen LogP contribution is -2.22. The van der Waals surface area contributed by atoms with E-state index in [0.29, 0.717) is 5.92 Å². The number of methoxy groups -OCH3 is 2. The fourth-order valence-corrected chi connectivity index (χ4v) is 3.26. The standard InChI is InChI=1S/C18H23N3O2/c1-12-10-19-20-18(13(12)2)21-9-8-14(11-21)15-6-5-7-16(22-3)17(15)23-4/h5-7,10,14H,8-9,11H2,1-4H3. The molecule has 0 saturated carbocycles. The molecule has 1 aliphatic rings. The van der Waals surface area contributed by atoms with Crippen LogP contribution in [-0.2, 0) is 0 Å². The number of hydrogen-bond acceptors (Lipinski definition) is 5. The van der Waals surface area contributed by atoms with E-state index in [2.05, 4.69) is 35.0 Å². The maximum atomic E-state index is 5.59. The van der Waals surface area contributed by atoms with Gasteiger partial charge in [0.25, 0.3) is 0 Å². The minimum atomic E-state index is 0.404. The van der Waals surface area contributed by atoms with Gasteiger partial charge < -0.3 is 14.4 Å². The predicted molar refractivity (Wildman–Crippen MR) is 90.6 cm³/mol. The van der Waals surface area contributed by atoms with E-state index in [1.54, 1.807) is 14.2 Å². The highest BCUT2D eigenvalue weighted by Gasteiger charge is 2.29. The third-order valence-electron chi connectivity index (χ3n) is 4.69. The Morgan fingerprint density at radius 1 is 1.17 bits per heavy atom. The van der Waals surface area contributed by atoms with E-state index >= 15 is 0 Å². The summed E-state index contributed by atoms with van der Waals surface area (Å²) in [6, 6.07) is 6.09. The van der Waals surface area contributed by atoms with Gasteiger partial charge in [-0.3, -0.25) is 0 Å². The number of hydrogen-bond donors (Lipinski definition) is 0. The van der Waals surface area contributed by atoms with Crippen LogP contribution >= 0.6 is 0 Å². The molecule has 3 rings (SSSR count). The van der Waals surface area contributed by atoms with Crippen molar-refractivity contribution in [2.45, 2.75) is 26.2 Å². The molecule has 0 spiro atoms. The lowest BCUT2D eigenvalue weighted by atomic mass is 9.97. The summed E-state index contributed by atoms with van der Waals surface area (Å²) in [5.74, 6) is 3.03. The van der Waals surface area contributed by atoms with Crippen LogP contribution in [0.15, 0.2) is 24.4 Å². The summed E-state index contributed by atoms with van der Waals surface area (Å²) in [5.41, 5.74) is 3.59. The van der Waals surface area contributed by atoms with E-state index in [0.717, 1.165) is 36.8 Å². The van der Waals surface area contributed by atoms with Crippen LogP contribution in [0.25, 0.3) is 0 Å². The quantitative estimate of drug-likeness (QED) is 0.868. The molecule has 1 atom stereocenters. The Hall–Kier alpha value is -2.30. The number of aromatic nitrogens is 2. The molecule has 2 heterocycles. The van der Waals surface area contributed by atoms with Crippen LogP contribution in [0.1, 0.15) is 29.0 Å². The number of para-hydroxylation sites is 1. The Balaban J connectivity index is 1.87. The Bertz CT molecular complexity index is 703. The zero-order chi connectivity index (χ0) is 16.4. The summed E-state index contributed by atoms with van der Waals surface area (Å²) in [5, 5.41) is 8.46. The zero-order valence-corrected chi connectivity index (χ0v) is 14.2. The van der Waals surface area contributed by atoms with E-state index in [1.807, 2.05) is 18.3 Å². The summed E-state index contributed by atoms with van der Waals surface area (Å²) in [6.07, 6.45) is 2.88. The molecule has 23 heavy (non-hydrogen) atoms. The number of anilines is 1. The Labute approximate surface area is 137 Å².